The SMILES string of the molecule is C#CCC(=O)OC(C)C. The normalized spacial score (nSPS) is 8.67. The molecule has 0 radical (unpaired) electrons. The van der Waals surface area contributed by atoms with Crippen molar-refractivity contribution >= 4 is 5.97 Å². The molecular formula is C7H10O2. The first kappa shape index (κ1) is 8.03. The molecule has 0 aromatic carbocycles. The summed E-state index contributed by atoms with van der Waals surface area (Å²) in [4.78, 5) is 10.5. The first-order valence-electron chi connectivity index (χ1n) is 2.79. The molecule has 0 aromatic heterocycles. The first-order valence-corrected chi connectivity index (χ1v) is 2.79. The van der Waals surface area contributed by atoms with Gasteiger partial charge in [-0.3, -0.25) is 4.79 Å². The van der Waals surface area contributed by atoms with Gasteiger partial charge in [-0.2, -0.15) is 0 Å². The molecule has 0 atom stereocenters. The van der Waals surface area contributed by atoms with Crippen LogP contribution in [0.15, 0.2) is 0 Å². The van der Waals surface area contributed by atoms with Gasteiger partial charge in [0.2, 0.25) is 0 Å². The summed E-state index contributed by atoms with van der Waals surface area (Å²) in [6.45, 7) is 3.57. The molecule has 0 rings (SSSR count). The molecule has 0 aliphatic rings. The van der Waals surface area contributed by atoms with E-state index in [1.54, 1.807) is 13.8 Å². The summed E-state index contributed by atoms with van der Waals surface area (Å²) in [7, 11) is 0. The Labute approximate surface area is 55.2 Å². The van der Waals surface area contributed by atoms with Crippen LogP contribution in [-0.4, -0.2) is 12.1 Å². The number of rotatable bonds is 2. The van der Waals surface area contributed by atoms with Crippen molar-refractivity contribution in [2.45, 2.75) is 26.4 Å². The molecule has 2 heteroatoms. The number of ether oxygens (including phenoxy) is 1. The second-order valence-corrected chi connectivity index (χ2v) is 1.92. The largest absolute Gasteiger partial charge is 0.462 e. The third-order valence-corrected chi connectivity index (χ3v) is 0.614. The lowest BCUT2D eigenvalue weighted by Crippen LogP contribution is -2.09. The number of hydrogen-bond donors (Lipinski definition) is 0. The average molecular weight is 126 g/mol. The number of carbonyl (C=O) groups is 1. The van der Waals surface area contributed by atoms with E-state index >= 15 is 0 Å². The van der Waals surface area contributed by atoms with Crippen LogP contribution in [0.5, 0.6) is 0 Å². The van der Waals surface area contributed by atoms with Gasteiger partial charge in [0.05, 0.1) is 6.10 Å². The van der Waals surface area contributed by atoms with Gasteiger partial charge in [-0.1, -0.05) is 5.92 Å². The first-order chi connectivity index (χ1) is 4.16. The van der Waals surface area contributed by atoms with Crippen LogP contribution in [0.4, 0.5) is 0 Å². The molecule has 0 amide bonds. The van der Waals surface area contributed by atoms with Crippen LogP contribution in [0.3, 0.4) is 0 Å². The molecule has 0 saturated carbocycles. The Balaban J connectivity index is 3.42. The van der Waals surface area contributed by atoms with Crippen molar-refractivity contribution in [1.29, 1.82) is 0 Å². The molecule has 0 N–H and O–H groups in total. The van der Waals surface area contributed by atoms with E-state index in [0.29, 0.717) is 0 Å². The van der Waals surface area contributed by atoms with E-state index in [1.165, 1.54) is 0 Å². The molecule has 0 heterocycles. The van der Waals surface area contributed by atoms with Gasteiger partial charge in [0, 0.05) is 0 Å². The summed E-state index contributed by atoms with van der Waals surface area (Å²) in [5, 5.41) is 0. The molecule has 9 heavy (non-hydrogen) atoms. The summed E-state index contributed by atoms with van der Waals surface area (Å²) in [5.41, 5.74) is 0. The maximum absolute atomic E-state index is 10.5. The minimum Gasteiger partial charge on any atom is -0.462 e. The Morgan fingerprint density at radius 3 is 2.67 bits per heavy atom. The van der Waals surface area contributed by atoms with Crippen molar-refractivity contribution in [2.24, 2.45) is 0 Å². The van der Waals surface area contributed by atoms with Crippen molar-refractivity contribution in [1.82, 2.24) is 0 Å². The second-order valence-electron chi connectivity index (χ2n) is 1.92. The fourth-order valence-electron chi connectivity index (χ4n) is 0.388. The highest BCUT2D eigenvalue weighted by Crippen LogP contribution is 1.90. The Bertz CT molecular complexity index is 130. The lowest BCUT2D eigenvalue weighted by Gasteiger charge is -2.04. The molecule has 0 aromatic rings. The number of esters is 1. The van der Waals surface area contributed by atoms with Gasteiger partial charge in [-0.25, -0.2) is 0 Å². The highest BCUT2D eigenvalue weighted by atomic mass is 16.5. The highest BCUT2D eigenvalue weighted by molar-refractivity contribution is 5.72. The Morgan fingerprint density at radius 2 is 2.33 bits per heavy atom. The van der Waals surface area contributed by atoms with Crippen molar-refractivity contribution in [3.05, 3.63) is 0 Å². The zero-order valence-electron chi connectivity index (χ0n) is 5.68. The molecule has 50 valence electrons. The number of terminal acetylenes is 1. The highest BCUT2D eigenvalue weighted by Gasteiger charge is 2.00. The molecule has 0 aliphatic carbocycles. The zero-order chi connectivity index (χ0) is 7.28. The van der Waals surface area contributed by atoms with Gasteiger partial charge in [0.15, 0.2) is 0 Å². The molecule has 0 saturated heterocycles. The second kappa shape index (κ2) is 3.96. The van der Waals surface area contributed by atoms with Gasteiger partial charge in [-0.05, 0) is 13.8 Å². The smallest absolute Gasteiger partial charge is 0.318 e. The topological polar surface area (TPSA) is 26.3 Å². The van der Waals surface area contributed by atoms with Gasteiger partial charge in [0.1, 0.15) is 6.42 Å². The standard InChI is InChI=1S/C7H10O2/c1-4-5-7(8)9-6(2)3/h1,6H,5H2,2-3H3. The predicted molar refractivity (Wildman–Crippen MR) is 34.7 cm³/mol. The maximum Gasteiger partial charge on any atom is 0.318 e. The Hall–Kier alpha value is -0.970. The molecule has 0 bridgehead atoms. The molecule has 0 fully saturated rings. The summed E-state index contributed by atoms with van der Waals surface area (Å²) in [6, 6.07) is 0. The summed E-state index contributed by atoms with van der Waals surface area (Å²) in [6.07, 6.45) is 4.86. The van der Waals surface area contributed by atoms with Gasteiger partial charge < -0.3 is 4.74 Å². The quantitative estimate of drug-likeness (QED) is 0.407. The fourth-order valence-corrected chi connectivity index (χ4v) is 0.388. The van der Waals surface area contributed by atoms with E-state index in [0.717, 1.165) is 0 Å². The van der Waals surface area contributed by atoms with Gasteiger partial charge in [0.25, 0.3) is 0 Å². The van der Waals surface area contributed by atoms with Crippen LogP contribution < -0.4 is 0 Å². The number of carbonyl (C=O) groups excluding carboxylic acids is 1. The third-order valence-electron chi connectivity index (χ3n) is 0.614. The van der Waals surface area contributed by atoms with E-state index in [4.69, 9.17) is 11.2 Å². The van der Waals surface area contributed by atoms with Crippen LogP contribution in [0, 0.1) is 12.3 Å². The average Bonchev–Trinajstić information content (AvgIpc) is 1.63. The van der Waals surface area contributed by atoms with Crippen LogP contribution in [-0.2, 0) is 9.53 Å². The fraction of sp³-hybridized carbons (Fsp3) is 0.571. The van der Waals surface area contributed by atoms with E-state index in [1.807, 2.05) is 0 Å². The Morgan fingerprint density at radius 1 is 1.78 bits per heavy atom. The molecule has 0 unspecified atom stereocenters. The van der Waals surface area contributed by atoms with Crippen LogP contribution in [0.25, 0.3) is 0 Å². The predicted octanol–water partition coefficient (Wildman–Crippen LogP) is 0.961. The maximum atomic E-state index is 10.5. The van der Waals surface area contributed by atoms with E-state index in [9.17, 15) is 4.79 Å². The van der Waals surface area contributed by atoms with E-state index in [2.05, 4.69) is 5.92 Å². The van der Waals surface area contributed by atoms with E-state index < -0.39 is 0 Å². The van der Waals surface area contributed by atoms with Gasteiger partial charge >= 0.3 is 5.97 Å². The molecule has 0 spiro atoms. The van der Waals surface area contributed by atoms with Crippen molar-refractivity contribution < 1.29 is 9.53 Å². The lowest BCUT2D eigenvalue weighted by molar-refractivity contribution is -0.146. The van der Waals surface area contributed by atoms with Crippen molar-refractivity contribution in [3.8, 4) is 12.3 Å². The van der Waals surface area contributed by atoms with Crippen molar-refractivity contribution in [2.75, 3.05) is 0 Å². The molecular weight excluding hydrogens is 116 g/mol. The van der Waals surface area contributed by atoms with Crippen LogP contribution in [0.2, 0.25) is 0 Å². The van der Waals surface area contributed by atoms with Crippen molar-refractivity contribution in [3.63, 3.8) is 0 Å². The third kappa shape index (κ3) is 4.89. The minimum absolute atomic E-state index is 0.0640. The lowest BCUT2D eigenvalue weighted by atomic mass is 10.4. The van der Waals surface area contributed by atoms with Gasteiger partial charge in [-0.15, -0.1) is 6.42 Å². The molecule has 2 nitrogen and oxygen atoms in total. The summed E-state index contributed by atoms with van der Waals surface area (Å²) in [5.74, 6) is 1.87. The zero-order valence-corrected chi connectivity index (χ0v) is 5.68. The summed E-state index contributed by atoms with van der Waals surface area (Å²) < 4.78 is 4.71. The Kier molecular flexibility index (Phi) is 3.54. The van der Waals surface area contributed by atoms with Crippen LogP contribution >= 0.6 is 0 Å². The molecule has 0 aliphatic heterocycles. The number of hydrogen-bond acceptors (Lipinski definition) is 2. The minimum atomic E-state index is -0.326. The summed E-state index contributed by atoms with van der Waals surface area (Å²) >= 11 is 0. The van der Waals surface area contributed by atoms with Crippen LogP contribution in [0.1, 0.15) is 20.3 Å². The monoisotopic (exact) mass is 126 g/mol. The van der Waals surface area contributed by atoms with E-state index in [-0.39, 0.29) is 18.5 Å².